The third kappa shape index (κ3) is 5.92. The van der Waals surface area contributed by atoms with E-state index in [1.54, 1.807) is 0 Å². The number of piperidine rings is 1. The molecule has 1 aromatic rings. The number of benzene rings is 1. The van der Waals surface area contributed by atoms with E-state index in [1.165, 1.54) is 44.2 Å². The zero-order valence-corrected chi connectivity index (χ0v) is 18.9. The van der Waals surface area contributed by atoms with Gasteiger partial charge in [-0.2, -0.15) is 13.2 Å². The Morgan fingerprint density at radius 3 is 2.31 bits per heavy atom. The van der Waals surface area contributed by atoms with Gasteiger partial charge in [0.25, 0.3) is 5.17 Å². The third-order valence-electron chi connectivity index (χ3n) is 6.66. The number of alkyl halides is 3. The molecule has 1 aromatic carbocycles. The number of hydrogen-bond acceptors (Lipinski definition) is 5. The first-order chi connectivity index (χ1) is 15.3. The van der Waals surface area contributed by atoms with E-state index in [9.17, 15) is 13.2 Å². The van der Waals surface area contributed by atoms with Gasteiger partial charge in [-0.15, -0.1) is 5.06 Å². The average molecular weight is 470 g/mol. The summed E-state index contributed by atoms with van der Waals surface area (Å²) in [7, 11) is 0. The number of thiocarbonyl (C=S) groups is 1. The molecule has 0 bridgehead atoms. The lowest BCUT2D eigenvalue weighted by Gasteiger charge is -2.36. The summed E-state index contributed by atoms with van der Waals surface area (Å²) >= 11 is 5.43. The number of hydrogen-bond donors (Lipinski definition) is 1. The molecule has 5 nitrogen and oxygen atoms in total. The molecule has 1 spiro atoms. The van der Waals surface area contributed by atoms with Crippen LogP contribution in [0.1, 0.15) is 75.3 Å². The number of nitrogens with zero attached hydrogens (tertiary/aromatic N) is 2. The maximum atomic E-state index is 12.8. The molecular formula is C23H30F3N3O2S. The van der Waals surface area contributed by atoms with Crippen LogP contribution < -0.4 is 5.32 Å². The Labute approximate surface area is 192 Å². The lowest BCUT2D eigenvalue weighted by molar-refractivity contribution is -0.145. The summed E-state index contributed by atoms with van der Waals surface area (Å²) in [5.41, 5.74) is 0.268. The van der Waals surface area contributed by atoms with Gasteiger partial charge in [0.1, 0.15) is 5.60 Å². The van der Waals surface area contributed by atoms with Crippen LogP contribution in [0, 0.1) is 0 Å². The molecule has 0 unspecified atom stereocenters. The maximum Gasteiger partial charge on any atom is 0.416 e. The number of rotatable bonds is 3. The lowest BCUT2D eigenvalue weighted by atomic mass is 9.86. The predicted molar refractivity (Wildman–Crippen MR) is 120 cm³/mol. The highest BCUT2D eigenvalue weighted by Gasteiger charge is 2.43. The molecular weight excluding hydrogens is 439 g/mol. The minimum Gasteiger partial charge on any atom is -0.388 e. The van der Waals surface area contributed by atoms with Gasteiger partial charge in [0, 0.05) is 38.4 Å². The fourth-order valence-corrected chi connectivity index (χ4v) is 4.96. The van der Waals surface area contributed by atoms with Gasteiger partial charge in [-0.1, -0.05) is 49.4 Å². The van der Waals surface area contributed by atoms with Crippen LogP contribution in [0.4, 0.5) is 13.2 Å². The predicted octanol–water partition coefficient (Wildman–Crippen LogP) is 5.58. The van der Waals surface area contributed by atoms with Gasteiger partial charge in [0.2, 0.25) is 0 Å². The molecule has 0 amide bonds. The molecule has 2 fully saturated rings. The topological polar surface area (TPSA) is 46.1 Å². The molecule has 3 aliphatic rings. The Balaban J connectivity index is 1.24. The van der Waals surface area contributed by atoms with E-state index < -0.39 is 17.3 Å². The Hall–Kier alpha value is -1.87. The first kappa shape index (κ1) is 23.3. The molecule has 9 heteroatoms. The second-order valence-electron chi connectivity index (χ2n) is 9.06. The molecule has 1 saturated carbocycles. The van der Waals surface area contributed by atoms with Crippen molar-refractivity contribution < 1.29 is 22.8 Å². The van der Waals surface area contributed by atoms with Crippen LogP contribution in [0.25, 0.3) is 0 Å². The molecule has 1 N–H and O–H groups in total. The van der Waals surface area contributed by atoms with Gasteiger partial charge in [-0.3, -0.25) is 0 Å². The summed E-state index contributed by atoms with van der Waals surface area (Å²) < 4.78 is 38.4. The minimum absolute atomic E-state index is 0.386. The largest absolute Gasteiger partial charge is 0.416 e. The fourth-order valence-electron chi connectivity index (χ4n) is 4.69. The Morgan fingerprint density at radius 1 is 1.06 bits per heavy atom. The van der Waals surface area contributed by atoms with Crippen LogP contribution in [-0.2, 0) is 15.9 Å². The van der Waals surface area contributed by atoms with Crippen molar-refractivity contribution in [2.24, 2.45) is 5.16 Å². The minimum atomic E-state index is -4.34. The van der Waals surface area contributed by atoms with Gasteiger partial charge in [0.15, 0.2) is 0 Å². The Kier molecular flexibility index (Phi) is 7.24. The van der Waals surface area contributed by atoms with E-state index in [0.29, 0.717) is 54.8 Å². The fraction of sp³-hybridized carbons (Fsp3) is 0.652. The van der Waals surface area contributed by atoms with Gasteiger partial charge < -0.3 is 15.0 Å². The lowest BCUT2D eigenvalue weighted by Crippen LogP contribution is -2.47. The molecule has 4 rings (SSSR count). The molecule has 2 heterocycles. The number of nitrogens with one attached hydrogen (secondary N) is 1. The summed E-state index contributed by atoms with van der Waals surface area (Å²) in [6.07, 6.45) is 6.29. The monoisotopic (exact) mass is 469 g/mol. The van der Waals surface area contributed by atoms with Crippen LogP contribution >= 0.6 is 12.2 Å². The molecule has 176 valence electrons. The summed E-state index contributed by atoms with van der Waals surface area (Å²) in [5, 5.41) is 9.86. The third-order valence-corrected chi connectivity index (χ3v) is 6.85. The first-order valence-corrected chi connectivity index (χ1v) is 11.9. The van der Waals surface area contributed by atoms with E-state index >= 15 is 0 Å². The number of halogens is 3. The van der Waals surface area contributed by atoms with E-state index in [4.69, 9.17) is 21.9 Å². The summed E-state index contributed by atoms with van der Waals surface area (Å²) in [6.45, 7) is 1.31. The maximum absolute atomic E-state index is 12.8. The number of oxime groups is 1. The Bertz CT molecular complexity index is 813. The normalized spacial score (nSPS) is 22.5. The molecule has 0 radical (unpaired) electrons. The SMILES string of the molecule is FC(F)(F)c1ccc(C2=NOC3(CCN(OC(=S)NC4CCCCCCC4)CC3)C2)cc1. The highest BCUT2D eigenvalue weighted by atomic mass is 32.1. The van der Waals surface area contributed by atoms with Crippen molar-refractivity contribution in [2.75, 3.05) is 13.1 Å². The standard InChI is InChI=1S/C23H30F3N3O2S/c24-23(25,26)18-10-8-17(9-11-18)20-16-22(31-28-20)12-14-29(15-13-22)30-21(32)27-19-6-4-2-1-3-5-7-19/h8-11,19H,1-7,12-16H2,(H,27,32). The zero-order chi connectivity index (χ0) is 22.6. The molecule has 2 aliphatic heterocycles. The zero-order valence-electron chi connectivity index (χ0n) is 18.1. The average Bonchev–Trinajstić information content (AvgIpc) is 3.15. The summed E-state index contributed by atoms with van der Waals surface area (Å²) in [4.78, 5) is 11.7. The van der Waals surface area contributed by atoms with Crippen LogP contribution in [0.2, 0.25) is 0 Å². The second-order valence-corrected chi connectivity index (χ2v) is 9.43. The first-order valence-electron chi connectivity index (χ1n) is 11.5. The van der Waals surface area contributed by atoms with Gasteiger partial charge in [-0.25, -0.2) is 0 Å². The van der Waals surface area contributed by atoms with Gasteiger partial charge in [0.05, 0.1) is 11.3 Å². The molecule has 1 saturated heterocycles. The van der Waals surface area contributed by atoms with Crippen molar-refractivity contribution >= 4 is 23.1 Å². The number of hydroxylamine groups is 2. The van der Waals surface area contributed by atoms with Crippen LogP contribution in [0.15, 0.2) is 29.4 Å². The van der Waals surface area contributed by atoms with Crippen LogP contribution in [-0.4, -0.2) is 40.7 Å². The molecule has 32 heavy (non-hydrogen) atoms. The van der Waals surface area contributed by atoms with E-state index in [0.717, 1.165) is 25.0 Å². The van der Waals surface area contributed by atoms with Gasteiger partial charge in [-0.05, 0) is 42.8 Å². The van der Waals surface area contributed by atoms with E-state index in [1.807, 2.05) is 5.06 Å². The molecule has 0 aromatic heterocycles. The van der Waals surface area contributed by atoms with Crippen molar-refractivity contribution in [1.29, 1.82) is 0 Å². The second kappa shape index (κ2) is 9.95. The van der Waals surface area contributed by atoms with E-state index in [-0.39, 0.29) is 0 Å². The summed E-state index contributed by atoms with van der Waals surface area (Å²) in [6, 6.07) is 5.48. The molecule has 0 atom stereocenters. The van der Waals surface area contributed by atoms with Crippen molar-refractivity contribution in [2.45, 2.75) is 82.0 Å². The van der Waals surface area contributed by atoms with Gasteiger partial charge >= 0.3 is 6.18 Å². The summed E-state index contributed by atoms with van der Waals surface area (Å²) in [5.74, 6) is 0. The van der Waals surface area contributed by atoms with Crippen molar-refractivity contribution in [3.05, 3.63) is 35.4 Å². The molecule has 1 aliphatic carbocycles. The Morgan fingerprint density at radius 2 is 1.69 bits per heavy atom. The highest BCUT2D eigenvalue weighted by Crippen LogP contribution is 2.37. The van der Waals surface area contributed by atoms with E-state index in [2.05, 4.69) is 10.5 Å². The van der Waals surface area contributed by atoms with Crippen LogP contribution in [0.5, 0.6) is 0 Å². The smallest absolute Gasteiger partial charge is 0.388 e. The quantitative estimate of drug-likeness (QED) is 0.586. The van der Waals surface area contributed by atoms with Crippen LogP contribution in [0.3, 0.4) is 0 Å². The highest BCUT2D eigenvalue weighted by molar-refractivity contribution is 7.80. The van der Waals surface area contributed by atoms with Crippen molar-refractivity contribution in [3.63, 3.8) is 0 Å². The van der Waals surface area contributed by atoms with Crippen molar-refractivity contribution in [1.82, 2.24) is 10.4 Å². The van der Waals surface area contributed by atoms with Crippen molar-refractivity contribution in [3.8, 4) is 0 Å².